The zero-order chi connectivity index (χ0) is 64.6. The Labute approximate surface area is 557 Å². The molecule has 3 atom stereocenters. The molecular formula is C69H123Bi2N3O15. The van der Waals surface area contributed by atoms with Gasteiger partial charge in [0.15, 0.2) is 0 Å². The number of amides is 3. The van der Waals surface area contributed by atoms with Gasteiger partial charge in [0, 0.05) is 0 Å². The molecule has 3 amide bonds. The monoisotopic (exact) mass is 1650 g/mol. The summed E-state index contributed by atoms with van der Waals surface area (Å²) in [5.41, 5.74) is 0. The van der Waals surface area contributed by atoms with Crippen molar-refractivity contribution >= 4 is 99.7 Å². The van der Waals surface area contributed by atoms with Gasteiger partial charge in [-0.2, -0.15) is 0 Å². The number of unbranched alkanes of at least 4 members (excludes halogenated alkanes) is 42. The van der Waals surface area contributed by atoms with Gasteiger partial charge in [0.2, 0.25) is 0 Å². The molecule has 2 fully saturated rings. The van der Waals surface area contributed by atoms with Crippen molar-refractivity contribution in [1.29, 1.82) is 0 Å². The van der Waals surface area contributed by atoms with E-state index in [1.54, 1.807) is 0 Å². The van der Waals surface area contributed by atoms with Gasteiger partial charge in [-0.3, -0.25) is 0 Å². The van der Waals surface area contributed by atoms with Crippen molar-refractivity contribution < 1.29 is 60.0 Å². The standard InChI is InChI=1S/3C23H43NO5.2Bi/c3*1-2-3-4-5-6-7-8-9-10-11-12-13-14-15-16-17-21(25)24-20(23(28)29)18-19-22(26)27;;/h3*20H,2-19H2,1H3,(H,24,25)(H,26,27)(H,28,29);;/q;;;2*+3/p-6/t3*20-;;/m100../s1. The van der Waals surface area contributed by atoms with Gasteiger partial charge in [-0.25, -0.2) is 0 Å². The Morgan fingerprint density at radius 1 is 0.371 bits per heavy atom. The van der Waals surface area contributed by atoms with E-state index >= 15 is 0 Å². The normalized spacial score (nSPS) is 16.2. The van der Waals surface area contributed by atoms with Gasteiger partial charge in [0.1, 0.15) is 0 Å². The average molecular weight is 1650 g/mol. The summed E-state index contributed by atoms with van der Waals surface area (Å²) < 4.78 is 32.6. The maximum absolute atomic E-state index is 13.9. The van der Waals surface area contributed by atoms with E-state index in [9.17, 15) is 43.2 Å². The zero-order valence-corrected chi connectivity index (χ0v) is 62.9. The Hall–Kier alpha value is -3.00. The van der Waals surface area contributed by atoms with Crippen LogP contribution in [0, 0.1) is 0 Å². The molecule has 2 rings (SSSR count). The van der Waals surface area contributed by atoms with Crippen molar-refractivity contribution in [2.24, 2.45) is 0 Å². The number of rotatable bonds is 57. The number of hydrogen-bond acceptors (Lipinski definition) is 15. The summed E-state index contributed by atoms with van der Waals surface area (Å²) in [7, 11) is 0. The minimum absolute atomic E-state index is 0.0535. The fraction of sp³-hybridized carbons (Fsp3) is 0.870. The number of carbonyl (C=O) groups is 9. The van der Waals surface area contributed by atoms with Crippen LogP contribution in [0.2, 0.25) is 0 Å². The molecule has 3 N–H and O–H groups in total. The fourth-order valence-electron chi connectivity index (χ4n) is 11.2. The quantitative estimate of drug-likeness (QED) is 0.0379. The van der Waals surface area contributed by atoms with Gasteiger partial charge in [-0.05, 0) is 0 Å². The van der Waals surface area contributed by atoms with Gasteiger partial charge in [-0.1, -0.05) is 194 Å². The van der Waals surface area contributed by atoms with Crippen LogP contribution in [-0.2, 0) is 60.0 Å². The predicted octanol–water partition coefficient (Wildman–Crippen LogP) is 15.8. The third kappa shape index (κ3) is 47.5. The predicted molar refractivity (Wildman–Crippen MR) is 350 cm³/mol. The minimum atomic E-state index is -4.73. The Morgan fingerprint density at radius 2 is 0.640 bits per heavy atom. The third-order valence-corrected chi connectivity index (χ3v) is 24.8. The summed E-state index contributed by atoms with van der Waals surface area (Å²) in [5, 5.41) is 7.99. The van der Waals surface area contributed by atoms with Gasteiger partial charge in [0.25, 0.3) is 0 Å². The molecule has 0 saturated carbocycles. The third-order valence-electron chi connectivity index (χ3n) is 16.8. The van der Waals surface area contributed by atoms with E-state index in [0.717, 1.165) is 64.2 Å². The molecule has 2 aliphatic rings. The number of carbonyl (C=O) groups excluding carboxylic acids is 9. The Kier molecular flexibility index (Phi) is 53.2. The van der Waals surface area contributed by atoms with Crippen LogP contribution in [0.25, 0.3) is 0 Å². The molecule has 0 aromatic heterocycles. The summed E-state index contributed by atoms with van der Waals surface area (Å²) in [5.74, 6) is -6.61. The molecule has 2 heterocycles. The van der Waals surface area contributed by atoms with Crippen molar-refractivity contribution in [3.8, 4) is 0 Å². The van der Waals surface area contributed by atoms with E-state index in [0.29, 0.717) is 19.3 Å². The molecule has 0 bridgehead atoms. The Morgan fingerprint density at radius 3 is 0.944 bits per heavy atom. The van der Waals surface area contributed by atoms with Gasteiger partial charge in [0.05, 0.1) is 0 Å². The van der Waals surface area contributed by atoms with Crippen LogP contribution >= 0.6 is 0 Å². The summed E-state index contributed by atoms with van der Waals surface area (Å²) >= 11 is -9.33. The SMILES string of the molecule is CCCCCCCCCCCCCCCCCC(=O)N[C@H]1CCC(=O)[O][Bi]([O]C(=O)CC[C@H](NC(=O)CCCCCCCCCCCCCCCCC)C(=O)[O][Bi]2[O]C(=O)CC[C@@H](NC(=O)CCCCCCCCCCCCCCCCC)C(=O)[O]2)[O]C1=O. The first-order valence-corrected chi connectivity index (χ1v) is 44.6. The molecule has 89 heavy (non-hydrogen) atoms. The summed E-state index contributed by atoms with van der Waals surface area (Å²) in [4.78, 5) is 119. The van der Waals surface area contributed by atoms with Crippen molar-refractivity contribution in [3.05, 3.63) is 0 Å². The van der Waals surface area contributed by atoms with Crippen molar-refractivity contribution in [2.75, 3.05) is 0 Å². The molecule has 2 aliphatic heterocycles. The molecule has 2 saturated heterocycles. The average Bonchev–Trinajstić information content (AvgIpc) is 3.31. The first kappa shape index (κ1) is 82.1. The van der Waals surface area contributed by atoms with Crippen LogP contribution in [0.15, 0.2) is 0 Å². The summed E-state index contributed by atoms with van der Waals surface area (Å²) in [6.45, 7) is 6.72. The van der Waals surface area contributed by atoms with E-state index in [1.807, 2.05) is 0 Å². The summed E-state index contributed by atoms with van der Waals surface area (Å²) in [6.07, 6.45) is 52.1. The molecule has 0 aliphatic carbocycles. The molecule has 18 nitrogen and oxygen atoms in total. The van der Waals surface area contributed by atoms with Crippen LogP contribution in [0.5, 0.6) is 0 Å². The van der Waals surface area contributed by atoms with Crippen molar-refractivity contribution in [3.63, 3.8) is 0 Å². The topological polar surface area (TPSA) is 245 Å². The number of hydrogen-bond donors (Lipinski definition) is 3. The van der Waals surface area contributed by atoms with Crippen LogP contribution in [0.1, 0.15) is 367 Å². The van der Waals surface area contributed by atoms with E-state index in [2.05, 4.69) is 36.7 Å². The van der Waals surface area contributed by atoms with E-state index in [1.165, 1.54) is 205 Å². The van der Waals surface area contributed by atoms with Gasteiger partial charge >= 0.3 is 367 Å². The van der Waals surface area contributed by atoms with Crippen molar-refractivity contribution in [2.45, 2.75) is 386 Å². The van der Waals surface area contributed by atoms with Gasteiger partial charge in [-0.15, -0.1) is 0 Å². The summed E-state index contributed by atoms with van der Waals surface area (Å²) in [6, 6.07) is -3.80. The van der Waals surface area contributed by atoms with Gasteiger partial charge < -0.3 is 0 Å². The molecule has 0 radical (unpaired) electrons. The molecular weight excluding hydrogens is 1530 g/mol. The Bertz CT molecular complexity index is 1910. The molecule has 514 valence electrons. The fourth-order valence-corrected chi connectivity index (χ4v) is 18.3. The van der Waals surface area contributed by atoms with Crippen LogP contribution in [0.4, 0.5) is 0 Å². The Balaban J connectivity index is 1.90. The first-order chi connectivity index (χ1) is 43.3. The van der Waals surface area contributed by atoms with E-state index in [4.69, 9.17) is 16.9 Å². The molecule has 0 spiro atoms. The zero-order valence-electron chi connectivity index (χ0n) is 55.9. The second-order valence-corrected chi connectivity index (χ2v) is 32.9. The maximum atomic E-state index is 13.9. The van der Waals surface area contributed by atoms with Crippen LogP contribution in [-0.4, -0.2) is 118 Å². The van der Waals surface area contributed by atoms with Crippen molar-refractivity contribution in [1.82, 2.24) is 16.0 Å². The second-order valence-electron chi connectivity index (χ2n) is 25.1. The molecule has 0 unspecified atom stereocenters. The first-order valence-electron chi connectivity index (χ1n) is 36.1. The second kappa shape index (κ2) is 57.6. The molecule has 20 heteroatoms. The van der Waals surface area contributed by atoms with E-state index < -0.39 is 119 Å². The van der Waals surface area contributed by atoms with Crippen LogP contribution < -0.4 is 16.0 Å². The van der Waals surface area contributed by atoms with E-state index in [-0.39, 0.29) is 56.8 Å². The molecule has 0 aromatic rings. The van der Waals surface area contributed by atoms with Crippen LogP contribution in [0.3, 0.4) is 0 Å². The molecule has 0 aromatic carbocycles. The number of nitrogens with one attached hydrogen (secondary N) is 3.